The Hall–Kier alpha value is -3.36. The van der Waals surface area contributed by atoms with Gasteiger partial charge in [-0.25, -0.2) is 9.50 Å². The minimum atomic E-state index is -0.617. The second-order valence-electron chi connectivity index (χ2n) is 7.40. The Balaban J connectivity index is 1.73. The summed E-state index contributed by atoms with van der Waals surface area (Å²) in [4.78, 5) is 28.1. The highest BCUT2D eigenvalue weighted by Gasteiger charge is 2.31. The zero-order valence-electron chi connectivity index (χ0n) is 15.8. The maximum Gasteiger partial charge on any atom is 0.280 e. The lowest BCUT2D eigenvalue weighted by atomic mass is 10.0. The summed E-state index contributed by atoms with van der Waals surface area (Å²) in [6, 6.07) is 8.83. The lowest BCUT2D eigenvalue weighted by Crippen LogP contribution is -2.17. The minimum Gasteiger partial charge on any atom is -0.507 e. The molecule has 2 aromatic heterocycles. The van der Waals surface area contributed by atoms with E-state index in [9.17, 15) is 20.0 Å². The number of H-pyrrole nitrogens is 1. The Kier molecular flexibility index (Phi) is 4.49. The molecule has 5 rings (SSSR count). The fraction of sp³-hybridized carbons (Fsp3) is 0.143. The van der Waals surface area contributed by atoms with Gasteiger partial charge < -0.3 is 5.11 Å². The molecule has 2 aromatic carbocycles. The van der Waals surface area contributed by atoms with Crippen LogP contribution in [0.4, 0.5) is 5.69 Å². The number of phenolic OH excluding ortho intramolecular Hbond substituents is 1. The first-order chi connectivity index (χ1) is 14.8. The molecule has 2 N–H and O–H groups in total. The van der Waals surface area contributed by atoms with Crippen LogP contribution in [0.2, 0.25) is 10.0 Å². The van der Waals surface area contributed by atoms with Gasteiger partial charge in [0.15, 0.2) is 5.65 Å². The van der Waals surface area contributed by atoms with Crippen molar-refractivity contribution >= 4 is 34.5 Å². The lowest BCUT2D eigenvalue weighted by Gasteiger charge is -2.06. The lowest BCUT2D eigenvalue weighted by molar-refractivity contribution is -0.384. The van der Waals surface area contributed by atoms with E-state index in [0.29, 0.717) is 15.7 Å². The molecule has 8 nitrogen and oxygen atoms in total. The van der Waals surface area contributed by atoms with E-state index in [0.717, 1.165) is 35.7 Å². The number of phenols is 1. The molecule has 0 saturated heterocycles. The predicted molar refractivity (Wildman–Crippen MR) is 117 cm³/mol. The van der Waals surface area contributed by atoms with Gasteiger partial charge in [-0.05, 0) is 36.6 Å². The van der Waals surface area contributed by atoms with Crippen LogP contribution in [0.5, 0.6) is 5.75 Å². The molecule has 0 aliphatic heterocycles. The first kappa shape index (κ1) is 19.6. The standard InChI is InChI=1S/C21H14Cl2N4O4/c22-15-6-3-11(7-16(15)23)18-19(10-1-2-10)25-26-20(18)24-9-14(21(26)29)13-5-4-12(27(30)31)8-17(13)28/h3-10,25,28H,1-2H2. The van der Waals surface area contributed by atoms with Crippen molar-refractivity contribution in [1.29, 1.82) is 0 Å². The van der Waals surface area contributed by atoms with E-state index in [2.05, 4.69) is 10.1 Å². The van der Waals surface area contributed by atoms with E-state index >= 15 is 0 Å². The second kappa shape index (κ2) is 7.11. The van der Waals surface area contributed by atoms with Gasteiger partial charge in [0.25, 0.3) is 11.2 Å². The maximum absolute atomic E-state index is 13.3. The van der Waals surface area contributed by atoms with Crippen molar-refractivity contribution in [2.75, 3.05) is 0 Å². The average Bonchev–Trinajstić information content (AvgIpc) is 3.51. The molecule has 4 aromatic rings. The molecule has 0 radical (unpaired) electrons. The number of aromatic amines is 1. The van der Waals surface area contributed by atoms with Crippen LogP contribution in [0.25, 0.3) is 27.9 Å². The number of hydrogen-bond acceptors (Lipinski definition) is 5. The Labute approximate surface area is 184 Å². The molecule has 156 valence electrons. The van der Waals surface area contributed by atoms with Gasteiger partial charge in [-0.3, -0.25) is 20.0 Å². The second-order valence-corrected chi connectivity index (χ2v) is 8.21. The van der Waals surface area contributed by atoms with Gasteiger partial charge in [0.2, 0.25) is 0 Å². The van der Waals surface area contributed by atoms with Gasteiger partial charge in [-0.2, -0.15) is 0 Å². The van der Waals surface area contributed by atoms with Gasteiger partial charge in [-0.15, -0.1) is 0 Å². The fourth-order valence-corrected chi connectivity index (χ4v) is 3.98. The Morgan fingerprint density at radius 3 is 2.55 bits per heavy atom. The van der Waals surface area contributed by atoms with Crippen molar-refractivity contribution in [3.05, 3.63) is 78.8 Å². The van der Waals surface area contributed by atoms with Gasteiger partial charge in [-0.1, -0.05) is 29.3 Å². The van der Waals surface area contributed by atoms with Crippen molar-refractivity contribution in [2.45, 2.75) is 18.8 Å². The highest BCUT2D eigenvalue weighted by molar-refractivity contribution is 6.42. The number of rotatable bonds is 4. The van der Waals surface area contributed by atoms with Crippen LogP contribution in [0.3, 0.4) is 0 Å². The quantitative estimate of drug-likeness (QED) is 0.325. The average molecular weight is 457 g/mol. The molecule has 0 amide bonds. The van der Waals surface area contributed by atoms with E-state index < -0.39 is 10.5 Å². The summed E-state index contributed by atoms with van der Waals surface area (Å²) >= 11 is 12.3. The van der Waals surface area contributed by atoms with Crippen molar-refractivity contribution in [2.24, 2.45) is 0 Å². The van der Waals surface area contributed by atoms with Crippen molar-refractivity contribution in [3.63, 3.8) is 0 Å². The van der Waals surface area contributed by atoms with Crippen LogP contribution in [0.1, 0.15) is 24.5 Å². The van der Waals surface area contributed by atoms with Crippen LogP contribution in [0.15, 0.2) is 47.4 Å². The Bertz CT molecular complexity index is 1440. The predicted octanol–water partition coefficient (Wildman–Crippen LogP) is 5.15. The minimum absolute atomic E-state index is 0.120. The number of nitrogens with one attached hydrogen (secondary N) is 1. The smallest absolute Gasteiger partial charge is 0.280 e. The first-order valence-electron chi connectivity index (χ1n) is 9.42. The summed E-state index contributed by atoms with van der Waals surface area (Å²) < 4.78 is 1.34. The third-order valence-corrected chi connectivity index (χ3v) is 6.10. The van der Waals surface area contributed by atoms with Crippen molar-refractivity contribution in [1.82, 2.24) is 14.6 Å². The van der Waals surface area contributed by atoms with E-state index in [1.54, 1.807) is 12.1 Å². The molecule has 0 bridgehead atoms. The van der Waals surface area contributed by atoms with Crippen LogP contribution < -0.4 is 5.56 Å². The topological polar surface area (TPSA) is 114 Å². The van der Waals surface area contributed by atoms with Crippen LogP contribution >= 0.6 is 23.2 Å². The van der Waals surface area contributed by atoms with E-state index in [-0.39, 0.29) is 28.5 Å². The van der Waals surface area contributed by atoms with E-state index in [1.165, 1.54) is 22.8 Å². The number of aromatic hydroxyl groups is 1. The van der Waals surface area contributed by atoms with Crippen LogP contribution in [0, 0.1) is 10.1 Å². The van der Waals surface area contributed by atoms with Crippen LogP contribution in [-0.4, -0.2) is 24.6 Å². The number of hydrogen-bond donors (Lipinski definition) is 2. The fourth-order valence-electron chi connectivity index (χ4n) is 3.68. The number of nitrogens with zero attached hydrogens (tertiary/aromatic N) is 3. The molecule has 1 aliphatic rings. The molecular weight excluding hydrogens is 443 g/mol. The van der Waals surface area contributed by atoms with Gasteiger partial charge >= 0.3 is 0 Å². The zero-order valence-corrected chi connectivity index (χ0v) is 17.3. The molecule has 0 spiro atoms. The molecular formula is C21H14Cl2N4O4. The summed E-state index contributed by atoms with van der Waals surface area (Å²) in [5.74, 6) is -0.0893. The van der Waals surface area contributed by atoms with Crippen molar-refractivity contribution in [3.8, 4) is 28.0 Å². The molecule has 0 unspecified atom stereocenters. The summed E-state index contributed by atoms with van der Waals surface area (Å²) in [7, 11) is 0. The summed E-state index contributed by atoms with van der Waals surface area (Å²) in [6.07, 6.45) is 3.35. The number of nitro benzene ring substituents is 1. The Morgan fingerprint density at radius 2 is 1.90 bits per heavy atom. The third-order valence-electron chi connectivity index (χ3n) is 5.36. The SMILES string of the molecule is O=c1c(-c2ccc([N+](=O)[O-])cc2O)cnc2c(-c3ccc(Cl)c(Cl)c3)c(C3CC3)[nH]n12. The molecule has 1 aliphatic carbocycles. The van der Waals surface area contributed by atoms with Crippen LogP contribution in [-0.2, 0) is 0 Å². The normalized spacial score (nSPS) is 13.6. The molecule has 1 saturated carbocycles. The number of halogens is 2. The van der Waals surface area contributed by atoms with Gasteiger partial charge in [0, 0.05) is 35.0 Å². The highest BCUT2D eigenvalue weighted by atomic mass is 35.5. The van der Waals surface area contributed by atoms with E-state index in [1.807, 2.05) is 6.07 Å². The maximum atomic E-state index is 13.3. The summed E-state index contributed by atoms with van der Waals surface area (Å²) in [5, 5.41) is 25.2. The zero-order chi connectivity index (χ0) is 21.9. The largest absolute Gasteiger partial charge is 0.507 e. The molecule has 0 atom stereocenters. The van der Waals surface area contributed by atoms with Gasteiger partial charge in [0.05, 0.1) is 26.6 Å². The monoisotopic (exact) mass is 456 g/mol. The molecule has 1 fully saturated rings. The summed E-state index contributed by atoms with van der Waals surface area (Å²) in [5.41, 5.74) is 2.45. The molecule has 10 heteroatoms. The van der Waals surface area contributed by atoms with Gasteiger partial charge in [0.1, 0.15) is 5.75 Å². The highest BCUT2D eigenvalue weighted by Crippen LogP contribution is 2.45. The number of benzene rings is 2. The van der Waals surface area contributed by atoms with Crippen molar-refractivity contribution < 1.29 is 10.0 Å². The Morgan fingerprint density at radius 1 is 1.13 bits per heavy atom. The number of non-ortho nitro benzene ring substituents is 1. The summed E-state index contributed by atoms with van der Waals surface area (Å²) in [6.45, 7) is 0. The number of aromatic nitrogens is 3. The third kappa shape index (κ3) is 3.24. The first-order valence-corrected chi connectivity index (χ1v) is 10.2. The van der Waals surface area contributed by atoms with E-state index in [4.69, 9.17) is 23.2 Å². The molecule has 2 heterocycles. The number of fused-ring (bicyclic) bond motifs is 1. The number of nitro groups is 1. The molecule has 31 heavy (non-hydrogen) atoms.